The van der Waals surface area contributed by atoms with E-state index in [1.54, 1.807) is 35.2 Å². The molecule has 1 amide bonds. The number of nitrogens with zero attached hydrogens (tertiary/aromatic N) is 1. The smallest absolute Gasteiger partial charge is 0.238 e. The van der Waals surface area contributed by atoms with Crippen LogP contribution in [0, 0.1) is 5.82 Å². The van der Waals surface area contributed by atoms with E-state index in [2.05, 4.69) is 0 Å². The summed E-state index contributed by atoms with van der Waals surface area (Å²) >= 11 is 13.6. The fourth-order valence-corrected chi connectivity index (χ4v) is 4.05. The molecule has 1 atom stereocenters. The average molecular weight is 342 g/mol. The summed E-state index contributed by atoms with van der Waals surface area (Å²) in [5.74, 6) is -0.111. The zero-order valence-electron chi connectivity index (χ0n) is 10.7. The van der Waals surface area contributed by atoms with Crippen molar-refractivity contribution in [1.82, 2.24) is 0 Å². The second kappa shape index (κ2) is 5.87. The Balaban J connectivity index is 2.03. The number of rotatable bonds is 2. The number of carbonyl (C=O) groups is 1. The molecule has 0 unspecified atom stereocenters. The molecule has 2 aromatic carbocycles. The van der Waals surface area contributed by atoms with Crippen LogP contribution in [0.15, 0.2) is 42.5 Å². The fraction of sp³-hybridized carbons (Fsp3) is 0.133. The molecule has 0 aliphatic carbocycles. The van der Waals surface area contributed by atoms with Crippen LogP contribution in [0.2, 0.25) is 10.0 Å². The molecule has 1 saturated heterocycles. The maximum atomic E-state index is 13.4. The van der Waals surface area contributed by atoms with Gasteiger partial charge in [0, 0.05) is 21.3 Å². The highest BCUT2D eigenvalue weighted by molar-refractivity contribution is 8.00. The molecule has 2 nitrogen and oxygen atoms in total. The molecule has 1 fully saturated rings. The second-order valence-corrected chi connectivity index (χ2v) is 6.48. The summed E-state index contributed by atoms with van der Waals surface area (Å²) in [7, 11) is 0. The zero-order chi connectivity index (χ0) is 15.0. The predicted octanol–water partition coefficient (Wildman–Crippen LogP) is 4.91. The third kappa shape index (κ3) is 2.89. The molecule has 6 heteroatoms. The predicted molar refractivity (Wildman–Crippen MR) is 85.5 cm³/mol. The number of hydrogen-bond donors (Lipinski definition) is 0. The van der Waals surface area contributed by atoms with Crippen molar-refractivity contribution in [2.45, 2.75) is 5.37 Å². The Bertz CT molecular complexity index is 710. The van der Waals surface area contributed by atoms with Crippen LogP contribution in [0.4, 0.5) is 10.1 Å². The molecule has 0 saturated carbocycles. The molecule has 0 spiro atoms. The SMILES string of the molecule is O=C1CS[C@@H](c2ccc(Cl)cc2Cl)N1c1cccc(F)c1. The lowest BCUT2D eigenvalue weighted by molar-refractivity contribution is -0.115. The highest BCUT2D eigenvalue weighted by Crippen LogP contribution is 2.44. The van der Waals surface area contributed by atoms with E-state index in [9.17, 15) is 9.18 Å². The van der Waals surface area contributed by atoms with E-state index in [-0.39, 0.29) is 17.1 Å². The molecule has 1 heterocycles. The first-order valence-corrected chi connectivity index (χ1v) is 8.01. The van der Waals surface area contributed by atoms with Crippen molar-refractivity contribution < 1.29 is 9.18 Å². The van der Waals surface area contributed by atoms with Crippen molar-refractivity contribution in [3.63, 3.8) is 0 Å². The largest absolute Gasteiger partial charge is 0.295 e. The van der Waals surface area contributed by atoms with E-state index < -0.39 is 0 Å². The number of amides is 1. The minimum absolute atomic E-state index is 0.0679. The van der Waals surface area contributed by atoms with Crippen LogP contribution < -0.4 is 4.90 Å². The van der Waals surface area contributed by atoms with Gasteiger partial charge in [0.05, 0.1) is 5.75 Å². The Morgan fingerprint density at radius 1 is 1.19 bits per heavy atom. The second-order valence-electron chi connectivity index (χ2n) is 4.57. The van der Waals surface area contributed by atoms with Gasteiger partial charge >= 0.3 is 0 Å². The molecule has 21 heavy (non-hydrogen) atoms. The minimum Gasteiger partial charge on any atom is -0.295 e. The van der Waals surface area contributed by atoms with Crippen molar-refractivity contribution >= 4 is 46.6 Å². The summed E-state index contributed by atoms with van der Waals surface area (Å²) in [5, 5.41) is 0.760. The van der Waals surface area contributed by atoms with E-state index in [0.29, 0.717) is 21.5 Å². The van der Waals surface area contributed by atoms with Crippen LogP contribution in [-0.4, -0.2) is 11.7 Å². The van der Waals surface area contributed by atoms with Gasteiger partial charge in [-0.15, -0.1) is 11.8 Å². The third-order valence-electron chi connectivity index (χ3n) is 3.18. The van der Waals surface area contributed by atoms with Gasteiger partial charge in [-0.1, -0.05) is 35.3 Å². The van der Waals surface area contributed by atoms with Crippen molar-refractivity contribution in [2.24, 2.45) is 0 Å². The quantitative estimate of drug-likeness (QED) is 0.773. The van der Waals surface area contributed by atoms with Gasteiger partial charge < -0.3 is 0 Å². The molecule has 2 aromatic rings. The number of hydrogen-bond acceptors (Lipinski definition) is 2. The Morgan fingerprint density at radius 3 is 2.71 bits per heavy atom. The molecule has 0 aromatic heterocycles. The maximum Gasteiger partial charge on any atom is 0.238 e. The first-order chi connectivity index (χ1) is 10.1. The summed E-state index contributed by atoms with van der Waals surface area (Å²) in [6.45, 7) is 0. The van der Waals surface area contributed by atoms with Crippen LogP contribution in [0.25, 0.3) is 0 Å². The molecule has 0 bridgehead atoms. The first-order valence-electron chi connectivity index (χ1n) is 6.20. The first kappa shape index (κ1) is 14.7. The van der Waals surface area contributed by atoms with Gasteiger partial charge in [0.25, 0.3) is 0 Å². The maximum absolute atomic E-state index is 13.4. The monoisotopic (exact) mass is 341 g/mol. The van der Waals surface area contributed by atoms with Gasteiger partial charge in [-0.05, 0) is 30.3 Å². The van der Waals surface area contributed by atoms with Gasteiger partial charge in [-0.3, -0.25) is 9.69 Å². The summed E-state index contributed by atoms with van der Waals surface area (Å²) in [5.41, 5.74) is 1.32. The number of thioether (sulfide) groups is 1. The summed E-state index contributed by atoms with van der Waals surface area (Å²) in [4.78, 5) is 13.7. The number of benzene rings is 2. The normalized spacial score (nSPS) is 18.3. The number of anilines is 1. The Kier molecular flexibility index (Phi) is 4.11. The Morgan fingerprint density at radius 2 is 2.00 bits per heavy atom. The standard InChI is InChI=1S/C15H10Cl2FNOS/c16-9-4-5-12(13(17)6-9)15-19(14(20)8-21-15)11-3-1-2-10(18)7-11/h1-7,15H,8H2/t15-/m0/s1. The highest BCUT2D eigenvalue weighted by atomic mass is 35.5. The molecule has 1 aliphatic heterocycles. The lowest BCUT2D eigenvalue weighted by Crippen LogP contribution is -2.28. The third-order valence-corrected chi connectivity index (χ3v) is 4.94. The van der Waals surface area contributed by atoms with Crippen LogP contribution in [0.3, 0.4) is 0 Å². The zero-order valence-corrected chi connectivity index (χ0v) is 13.1. The summed E-state index contributed by atoms with van der Waals surface area (Å²) in [6.07, 6.45) is 0. The molecule has 3 rings (SSSR count). The lowest BCUT2D eigenvalue weighted by Gasteiger charge is -2.25. The summed E-state index contributed by atoms with van der Waals surface area (Å²) < 4.78 is 13.4. The summed E-state index contributed by atoms with van der Waals surface area (Å²) in [6, 6.07) is 11.2. The topological polar surface area (TPSA) is 20.3 Å². The minimum atomic E-state index is -0.377. The van der Waals surface area contributed by atoms with E-state index in [1.807, 2.05) is 0 Å². The van der Waals surface area contributed by atoms with Crippen LogP contribution >= 0.6 is 35.0 Å². The average Bonchev–Trinajstić information content (AvgIpc) is 2.80. The highest BCUT2D eigenvalue weighted by Gasteiger charge is 2.35. The molecular weight excluding hydrogens is 332 g/mol. The number of halogens is 3. The van der Waals surface area contributed by atoms with Crippen molar-refractivity contribution in [3.8, 4) is 0 Å². The van der Waals surface area contributed by atoms with Crippen molar-refractivity contribution in [3.05, 3.63) is 63.9 Å². The Labute approximate surface area is 135 Å². The lowest BCUT2D eigenvalue weighted by atomic mass is 10.2. The molecule has 0 radical (unpaired) electrons. The molecule has 108 valence electrons. The van der Waals surface area contributed by atoms with E-state index in [1.165, 1.54) is 23.9 Å². The van der Waals surface area contributed by atoms with E-state index in [4.69, 9.17) is 23.2 Å². The van der Waals surface area contributed by atoms with Crippen molar-refractivity contribution in [1.29, 1.82) is 0 Å². The molecular formula is C15H10Cl2FNOS. The van der Waals surface area contributed by atoms with Crippen LogP contribution in [0.5, 0.6) is 0 Å². The van der Waals surface area contributed by atoms with Gasteiger partial charge in [0.1, 0.15) is 11.2 Å². The number of carbonyl (C=O) groups excluding carboxylic acids is 1. The van der Waals surface area contributed by atoms with Gasteiger partial charge in [0.15, 0.2) is 0 Å². The Hall–Kier alpha value is -1.23. The molecule has 0 N–H and O–H groups in total. The van der Waals surface area contributed by atoms with E-state index in [0.717, 1.165) is 5.56 Å². The van der Waals surface area contributed by atoms with Crippen LogP contribution in [-0.2, 0) is 4.79 Å². The van der Waals surface area contributed by atoms with Crippen LogP contribution in [0.1, 0.15) is 10.9 Å². The van der Waals surface area contributed by atoms with Crippen molar-refractivity contribution in [2.75, 3.05) is 10.7 Å². The van der Waals surface area contributed by atoms with E-state index >= 15 is 0 Å². The van der Waals surface area contributed by atoms with Gasteiger partial charge in [-0.2, -0.15) is 0 Å². The van der Waals surface area contributed by atoms with Gasteiger partial charge in [-0.25, -0.2) is 4.39 Å². The fourth-order valence-electron chi connectivity index (χ4n) is 2.26. The molecule has 1 aliphatic rings. The van der Waals surface area contributed by atoms with Gasteiger partial charge in [0.2, 0.25) is 5.91 Å².